The highest BCUT2D eigenvalue weighted by atomic mass is 19.4. The first kappa shape index (κ1) is 20.4. The van der Waals surface area contributed by atoms with Gasteiger partial charge in [-0.3, -0.25) is 0 Å². The number of nitrogens with one attached hydrogen (secondary N) is 1. The summed E-state index contributed by atoms with van der Waals surface area (Å²) in [5.41, 5.74) is 3.91. The average Bonchev–Trinajstić information content (AvgIpc) is 3.31. The number of halogens is 3. The molecule has 8 heteroatoms. The molecule has 3 aromatic rings. The minimum absolute atomic E-state index is 0.0763. The van der Waals surface area contributed by atoms with Crippen molar-refractivity contribution < 1.29 is 27.5 Å². The molecule has 0 bridgehead atoms. The first-order chi connectivity index (χ1) is 14.3. The normalized spacial score (nSPS) is 18.4. The summed E-state index contributed by atoms with van der Waals surface area (Å²) in [4.78, 5) is 4.17. The Balaban J connectivity index is 1.47. The van der Waals surface area contributed by atoms with Crippen molar-refractivity contribution in [2.75, 3.05) is 6.54 Å². The zero-order chi connectivity index (χ0) is 21.3. The van der Waals surface area contributed by atoms with Gasteiger partial charge < -0.3 is 14.4 Å². The molecule has 30 heavy (non-hydrogen) atoms. The van der Waals surface area contributed by atoms with Crippen LogP contribution in [0.15, 0.2) is 53.1 Å². The Kier molecular flexibility index (Phi) is 5.53. The molecule has 0 aliphatic heterocycles. The highest BCUT2D eigenvalue weighted by Crippen LogP contribution is 2.48. The molecule has 1 aliphatic rings. The molecular formula is C22H21F3N2O3. The van der Waals surface area contributed by atoms with Gasteiger partial charge in [0.1, 0.15) is 24.3 Å². The first-order valence-electron chi connectivity index (χ1n) is 9.57. The van der Waals surface area contributed by atoms with Crippen LogP contribution in [0.1, 0.15) is 34.7 Å². The van der Waals surface area contributed by atoms with Gasteiger partial charge in [0, 0.05) is 12.1 Å². The Morgan fingerprint density at radius 3 is 2.80 bits per heavy atom. The van der Waals surface area contributed by atoms with E-state index in [1.807, 2.05) is 19.1 Å². The molecule has 0 spiro atoms. The number of alkyl halides is 3. The third kappa shape index (κ3) is 4.49. The van der Waals surface area contributed by atoms with Gasteiger partial charge in [-0.05, 0) is 60.6 Å². The zero-order valence-corrected chi connectivity index (χ0v) is 16.2. The van der Waals surface area contributed by atoms with Crippen LogP contribution in [-0.4, -0.2) is 16.7 Å². The van der Waals surface area contributed by atoms with Crippen LogP contribution < -0.4 is 10.2 Å². The molecule has 2 unspecified atom stereocenters. The van der Waals surface area contributed by atoms with Crippen LogP contribution in [0.2, 0.25) is 0 Å². The number of aryl methyl sites for hydroxylation is 1. The highest BCUT2D eigenvalue weighted by Gasteiger charge is 2.38. The lowest BCUT2D eigenvalue weighted by molar-refractivity contribution is -0.137. The standard InChI is InChI=1S/C22H21F3N2O3/c1-13-6-14(19-9-15(19)10-26-28)8-17(7-13)29-11-16-12-30-21(27-16)18-4-2-3-5-20(18)22(23,24)25/h2-8,12,15,19,26,28H,9-11H2,1H3. The fourth-order valence-electron chi connectivity index (χ4n) is 3.64. The van der Waals surface area contributed by atoms with Gasteiger partial charge in [0.25, 0.3) is 0 Å². The fraction of sp³-hybridized carbons (Fsp3) is 0.318. The second-order valence-electron chi connectivity index (χ2n) is 7.52. The summed E-state index contributed by atoms with van der Waals surface area (Å²) >= 11 is 0. The zero-order valence-electron chi connectivity index (χ0n) is 16.2. The lowest BCUT2D eigenvalue weighted by atomic mass is 10.1. The number of nitrogens with zero attached hydrogens (tertiary/aromatic N) is 1. The summed E-state index contributed by atoms with van der Waals surface area (Å²) in [6, 6.07) is 11.1. The van der Waals surface area contributed by atoms with Gasteiger partial charge in [0.2, 0.25) is 5.89 Å². The van der Waals surface area contributed by atoms with Crippen LogP contribution in [0.25, 0.3) is 11.5 Å². The monoisotopic (exact) mass is 418 g/mol. The third-order valence-electron chi connectivity index (χ3n) is 5.18. The summed E-state index contributed by atoms with van der Waals surface area (Å²) < 4.78 is 50.8. The molecule has 2 aromatic carbocycles. The molecule has 1 aliphatic carbocycles. The van der Waals surface area contributed by atoms with E-state index in [-0.39, 0.29) is 18.1 Å². The van der Waals surface area contributed by atoms with Gasteiger partial charge in [-0.15, -0.1) is 0 Å². The maximum absolute atomic E-state index is 13.2. The van der Waals surface area contributed by atoms with E-state index < -0.39 is 11.7 Å². The van der Waals surface area contributed by atoms with Crippen LogP contribution in [0.5, 0.6) is 5.75 Å². The smallest absolute Gasteiger partial charge is 0.417 e. The molecule has 1 saturated carbocycles. The number of ether oxygens (including phenoxy) is 1. The molecule has 2 N–H and O–H groups in total. The Labute approximate surface area is 171 Å². The van der Waals surface area contributed by atoms with E-state index in [2.05, 4.69) is 16.5 Å². The Morgan fingerprint density at radius 1 is 1.23 bits per heavy atom. The van der Waals surface area contributed by atoms with E-state index in [9.17, 15) is 13.2 Å². The molecule has 0 saturated heterocycles. The largest absolute Gasteiger partial charge is 0.487 e. The van der Waals surface area contributed by atoms with Crippen molar-refractivity contribution in [1.82, 2.24) is 10.5 Å². The first-order valence-corrected chi connectivity index (χ1v) is 9.57. The van der Waals surface area contributed by atoms with Crippen molar-refractivity contribution in [1.29, 1.82) is 0 Å². The van der Waals surface area contributed by atoms with E-state index in [0.717, 1.165) is 23.6 Å². The van der Waals surface area contributed by atoms with Crippen molar-refractivity contribution >= 4 is 0 Å². The highest BCUT2D eigenvalue weighted by molar-refractivity contribution is 5.59. The Bertz CT molecular complexity index is 1030. The topological polar surface area (TPSA) is 67.5 Å². The Hall–Kier alpha value is -2.84. The summed E-state index contributed by atoms with van der Waals surface area (Å²) in [6.45, 7) is 2.60. The fourth-order valence-corrected chi connectivity index (χ4v) is 3.64. The minimum Gasteiger partial charge on any atom is -0.487 e. The van der Waals surface area contributed by atoms with Crippen LogP contribution >= 0.6 is 0 Å². The lowest BCUT2D eigenvalue weighted by Gasteiger charge is -2.10. The lowest BCUT2D eigenvalue weighted by Crippen LogP contribution is -2.11. The second kappa shape index (κ2) is 8.12. The summed E-state index contributed by atoms with van der Waals surface area (Å²) in [6.07, 6.45) is -2.18. The van der Waals surface area contributed by atoms with Gasteiger partial charge in [-0.25, -0.2) is 10.5 Å². The molecule has 1 fully saturated rings. The van der Waals surface area contributed by atoms with Gasteiger partial charge in [0.15, 0.2) is 0 Å². The van der Waals surface area contributed by atoms with Gasteiger partial charge in [0.05, 0.1) is 5.56 Å². The quantitative estimate of drug-likeness (QED) is 0.508. The molecule has 0 radical (unpaired) electrons. The molecule has 1 heterocycles. The molecule has 1 aromatic heterocycles. The summed E-state index contributed by atoms with van der Waals surface area (Å²) in [7, 11) is 0. The molecule has 158 valence electrons. The van der Waals surface area contributed by atoms with Crippen LogP contribution in [0.4, 0.5) is 13.2 Å². The number of hydrogen-bond donors (Lipinski definition) is 2. The van der Waals surface area contributed by atoms with E-state index in [1.165, 1.54) is 24.5 Å². The Morgan fingerprint density at radius 2 is 2.03 bits per heavy atom. The predicted octanol–water partition coefficient (Wildman–Crippen LogP) is 5.33. The molecule has 2 atom stereocenters. The van der Waals surface area contributed by atoms with E-state index >= 15 is 0 Å². The van der Waals surface area contributed by atoms with E-state index in [1.54, 1.807) is 0 Å². The summed E-state index contributed by atoms with van der Waals surface area (Å²) in [5, 5.41) is 8.85. The van der Waals surface area contributed by atoms with Crippen LogP contribution in [-0.2, 0) is 12.8 Å². The maximum atomic E-state index is 13.2. The van der Waals surface area contributed by atoms with E-state index in [0.29, 0.717) is 29.8 Å². The van der Waals surface area contributed by atoms with Gasteiger partial charge in [-0.2, -0.15) is 13.2 Å². The number of aromatic nitrogens is 1. The van der Waals surface area contributed by atoms with Crippen LogP contribution in [0.3, 0.4) is 0 Å². The minimum atomic E-state index is -4.49. The average molecular weight is 418 g/mol. The van der Waals surface area contributed by atoms with Gasteiger partial charge in [-0.1, -0.05) is 18.2 Å². The molecule has 5 nitrogen and oxygen atoms in total. The van der Waals surface area contributed by atoms with Crippen molar-refractivity contribution in [2.24, 2.45) is 5.92 Å². The van der Waals surface area contributed by atoms with Gasteiger partial charge >= 0.3 is 6.18 Å². The van der Waals surface area contributed by atoms with Crippen LogP contribution in [0, 0.1) is 12.8 Å². The summed E-state index contributed by atoms with van der Waals surface area (Å²) in [5.74, 6) is 1.34. The van der Waals surface area contributed by atoms with Crippen molar-refractivity contribution in [3.63, 3.8) is 0 Å². The third-order valence-corrected chi connectivity index (χ3v) is 5.18. The number of hydroxylamine groups is 1. The molecular weight excluding hydrogens is 397 g/mol. The van der Waals surface area contributed by atoms with E-state index in [4.69, 9.17) is 14.4 Å². The van der Waals surface area contributed by atoms with Crippen molar-refractivity contribution in [3.8, 4) is 17.2 Å². The molecule has 0 amide bonds. The van der Waals surface area contributed by atoms with Crippen molar-refractivity contribution in [3.05, 3.63) is 71.1 Å². The number of oxazole rings is 1. The molecule has 4 rings (SSSR count). The number of benzene rings is 2. The predicted molar refractivity (Wildman–Crippen MR) is 103 cm³/mol. The maximum Gasteiger partial charge on any atom is 0.417 e. The van der Waals surface area contributed by atoms with Crippen molar-refractivity contribution in [2.45, 2.75) is 32.0 Å². The number of rotatable bonds is 7. The number of hydrogen-bond acceptors (Lipinski definition) is 5. The SMILES string of the molecule is Cc1cc(OCc2coc(-c3ccccc3C(F)(F)F)n2)cc(C2CC2CNO)c1. The second-order valence-corrected chi connectivity index (χ2v) is 7.52.